The Morgan fingerprint density at radius 3 is 2.37 bits per heavy atom. The molecule has 0 radical (unpaired) electrons. The average molecular weight is 299 g/mol. The molecule has 0 fully saturated rings. The highest BCUT2D eigenvalue weighted by molar-refractivity contribution is 7.94. The van der Waals surface area contributed by atoms with E-state index in [1.54, 1.807) is 0 Å². The highest BCUT2D eigenvalue weighted by atomic mass is 32.2. The van der Waals surface area contributed by atoms with Gasteiger partial charge in [-0.3, -0.25) is 4.79 Å². The first-order chi connectivity index (χ1) is 8.84. The number of alkyl halides is 3. The van der Waals surface area contributed by atoms with Gasteiger partial charge in [-0.15, -0.1) is 4.33 Å². The Morgan fingerprint density at radius 1 is 1.32 bits per heavy atom. The molecule has 0 aliphatic rings. The van der Waals surface area contributed by atoms with Gasteiger partial charge in [0.1, 0.15) is 0 Å². The lowest BCUT2D eigenvalue weighted by atomic mass is 10.1. The number of hydrogen-bond donors (Lipinski definition) is 1. The van der Waals surface area contributed by atoms with Crippen molar-refractivity contribution in [1.29, 1.82) is 0 Å². The van der Waals surface area contributed by atoms with Gasteiger partial charge in [0, 0.05) is 4.90 Å². The summed E-state index contributed by atoms with van der Waals surface area (Å²) in [7, 11) is 0. The summed E-state index contributed by atoms with van der Waals surface area (Å²) >= 11 is 0.594. The first kappa shape index (κ1) is 15.7. The van der Waals surface area contributed by atoms with Gasteiger partial charge in [0.15, 0.2) is 0 Å². The Bertz CT molecular complexity index is 424. The smallest absolute Gasteiger partial charge is 0.342 e. The normalized spacial score (nSPS) is 13.1. The summed E-state index contributed by atoms with van der Waals surface area (Å²) in [5.41, 5.74) is 0.461. The molecule has 4 nitrogen and oxygen atoms in total. The van der Waals surface area contributed by atoms with E-state index in [-0.39, 0.29) is 0 Å². The lowest BCUT2D eigenvalue weighted by Crippen LogP contribution is -2.38. The zero-order valence-corrected chi connectivity index (χ0v) is 10.3. The van der Waals surface area contributed by atoms with Gasteiger partial charge in [-0.25, -0.2) is 0 Å². The third kappa shape index (κ3) is 5.05. The standard InChI is InChI=1S/C10H9F4NO3S/c1-6(15-9(16)10(11,12)13)7-2-4-8(5-3-7)19-18-17-14/h2-6H,1H3,(H,15,16)/t6-/m0/s1. The van der Waals surface area contributed by atoms with Gasteiger partial charge >= 0.3 is 12.1 Å². The Kier molecular flexibility index (Phi) is 5.58. The van der Waals surface area contributed by atoms with Crippen LogP contribution in [0.25, 0.3) is 0 Å². The van der Waals surface area contributed by atoms with Crippen LogP contribution in [0.4, 0.5) is 17.7 Å². The molecule has 0 aromatic heterocycles. The third-order valence-corrected chi connectivity index (χ3v) is 2.73. The topological polar surface area (TPSA) is 47.6 Å². The summed E-state index contributed by atoms with van der Waals surface area (Å²) in [6.45, 7) is 1.41. The van der Waals surface area contributed by atoms with Crippen molar-refractivity contribution in [3.63, 3.8) is 0 Å². The van der Waals surface area contributed by atoms with Gasteiger partial charge in [-0.05, 0) is 34.2 Å². The lowest BCUT2D eigenvalue weighted by molar-refractivity contribution is -0.358. The predicted octanol–water partition coefficient (Wildman–Crippen LogP) is 3.27. The molecule has 0 saturated carbocycles. The quantitative estimate of drug-likeness (QED) is 0.392. The minimum Gasteiger partial charge on any atom is -0.342 e. The SMILES string of the molecule is C[C@H](NC(=O)C(F)(F)F)c1ccc(SOOF)cc1. The van der Waals surface area contributed by atoms with Crippen LogP contribution in [0.2, 0.25) is 0 Å². The van der Waals surface area contributed by atoms with Crippen LogP contribution in [0.3, 0.4) is 0 Å². The molecule has 1 amide bonds. The van der Waals surface area contributed by atoms with Crippen LogP contribution in [0.1, 0.15) is 18.5 Å². The second-order valence-corrected chi connectivity index (χ2v) is 4.25. The molecule has 1 aromatic rings. The number of nitrogens with one attached hydrogen (secondary N) is 1. The molecular weight excluding hydrogens is 290 g/mol. The number of halogens is 4. The minimum absolute atomic E-state index is 0.461. The fraction of sp³-hybridized carbons (Fsp3) is 0.300. The first-order valence-corrected chi connectivity index (χ1v) is 5.68. The molecule has 0 bridgehead atoms. The van der Waals surface area contributed by atoms with Crippen LogP contribution < -0.4 is 5.32 Å². The molecule has 0 saturated heterocycles. The molecule has 1 aromatic carbocycles. The fourth-order valence-electron chi connectivity index (χ4n) is 1.23. The third-order valence-electron chi connectivity index (χ3n) is 2.14. The van der Waals surface area contributed by atoms with Crippen molar-refractivity contribution in [2.75, 3.05) is 0 Å². The number of benzene rings is 1. The van der Waals surface area contributed by atoms with E-state index in [2.05, 4.69) is 9.43 Å². The fourth-order valence-corrected chi connectivity index (χ4v) is 1.58. The van der Waals surface area contributed by atoms with Crippen molar-refractivity contribution in [2.24, 2.45) is 0 Å². The van der Waals surface area contributed by atoms with Crippen molar-refractivity contribution in [3.8, 4) is 0 Å². The predicted molar refractivity (Wildman–Crippen MR) is 58.2 cm³/mol. The highest BCUT2D eigenvalue weighted by Crippen LogP contribution is 2.23. The van der Waals surface area contributed by atoms with Gasteiger partial charge in [0.05, 0.1) is 18.1 Å². The molecule has 1 N–H and O–H groups in total. The molecule has 1 atom stereocenters. The van der Waals surface area contributed by atoms with E-state index < -0.39 is 18.1 Å². The van der Waals surface area contributed by atoms with Crippen molar-refractivity contribution in [3.05, 3.63) is 29.8 Å². The van der Waals surface area contributed by atoms with Crippen molar-refractivity contribution in [1.82, 2.24) is 5.32 Å². The van der Waals surface area contributed by atoms with Gasteiger partial charge in [-0.2, -0.15) is 13.2 Å². The van der Waals surface area contributed by atoms with Crippen molar-refractivity contribution >= 4 is 17.9 Å². The van der Waals surface area contributed by atoms with E-state index in [0.717, 1.165) is 0 Å². The van der Waals surface area contributed by atoms with Crippen LogP contribution >= 0.6 is 12.0 Å². The summed E-state index contributed by atoms with van der Waals surface area (Å²) in [6.07, 6.45) is -4.92. The summed E-state index contributed by atoms with van der Waals surface area (Å²) in [6, 6.07) is 5.10. The maximum atomic E-state index is 12.0. The Labute approximate surface area is 110 Å². The molecule has 1 rings (SSSR count). The lowest BCUT2D eigenvalue weighted by Gasteiger charge is -2.15. The second-order valence-electron chi connectivity index (χ2n) is 3.48. The average Bonchev–Trinajstić information content (AvgIpc) is 2.35. The zero-order valence-electron chi connectivity index (χ0n) is 9.53. The van der Waals surface area contributed by atoms with Crippen LogP contribution in [-0.4, -0.2) is 12.1 Å². The van der Waals surface area contributed by atoms with Crippen LogP contribution in [-0.2, 0) is 14.2 Å². The first-order valence-electron chi connectivity index (χ1n) is 4.94. The van der Waals surface area contributed by atoms with Crippen molar-refractivity contribution < 1.29 is 31.9 Å². The maximum absolute atomic E-state index is 12.0. The van der Waals surface area contributed by atoms with Crippen LogP contribution in [0.5, 0.6) is 0 Å². The molecule has 0 heterocycles. The highest BCUT2D eigenvalue weighted by Gasteiger charge is 2.39. The number of amides is 1. The maximum Gasteiger partial charge on any atom is 0.471 e. The number of carbonyl (C=O) groups is 1. The Hall–Kier alpha value is -1.32. The summed E-state index contributed by atoms with van der Waals surface area (Å²) < 4.78 is 51.3. The summed E-state index contributed by atoms with van der Waals surface area (Å²) in [5, 5.41) is 4.71. The number of hydrogen-bond acceptors (Lipinski definition) is 4. The molecule has 0 aliphatic heterocycles. The molecule has 19 heavy (non-hydrogen) atoms. The van der Waals surface area contributed by atoms with Crippen molar-refractivity contribution in [2.45, 2.75) is 24.0 Å². The summed E-state index contributed by atoms with van der Waals surface area (Å²) in [5.74, 6) is -2.01. The van der Waals surface area contributed by atoms with E-state index in [1.807, 2.05) is 5.32 Å². The monoisotopic (exact) mass is 299 g/mol. The molecule has 106 valence electrons. The van der Waals surface area contributed by atoms with E-state index in [1.165, 1.54) is 31.2 Å². The number of carbonyl (C=O) groups excluding carboxylic acids is 1. The Balaban J connectivity index is 2.62. The van der Waals surface area contributed by atoms with E-state index in [0.29, 0.717) is 22.5 Å². The summed E-state index contributed by atoms with van der Waals surface area (Å²) in [4.78, 5) is 11.2. The second kappa shape index (κ2) is 6.73. The number of rotatable bonds is 5. The molecule has 0 unspecified atom stereocenters. The van der Waals surface area contributed by atoms with Gasteiger partial charge in [-0.1, -0.05) is 12.1 Å². The van der Waals surface area contributed by atoms with E-state index in [4.69, 9.17) is 0 Å². The van der Waals surface area contributed by atoms with E-state index >= 15 is 0 Å². The van der Waals surface area contributed by atoms with Crippen LogP contribution in [0, 0.1) is 0 Å². The molecule has 0 spiro atoms. The molecule has 9 heteroatoms. The Morgan fingerprint density at radius 2 is 1.89 bits per heavy atom. The van der Waals surface area contributed by atoms with Gasteiger partial charge in [0.25, 0.3) is 0 Å². The molecular formula is C10H9F4NO3S. The van der Waals surface area contributed by atoms with Crippen LogP contribution in [0.15, 0.2) is 29.2 Å². The largest absolute Gasteiger partial charge is 0.471 e. The zero-order chi connectivity index (χ0) is 14.5. The van der Waals surface area contributed by atoms with E-state index in [9.17, 15) is 22.5 Å². The molecule has 0 aliphatic carbocycles. The van der Waals surface area contributed by atoms with Gasteiger partial charge < -0.3 is 5.32 Å². The van der Waals surface area contributed by atoms with Gasteiger partial charge in [0.2, 0.25) is 0 Å². The minimum atomic E-state index is -4.92.